The molecule has 1 unspecified atom stereocenters. The first-order valence-corrected chi connectivity index (χ1v) is 10.2. The van der Waals surface area contributed by atoms with Crippen LogP contribution < -0.4 is 0 Å². The van der Waals surface area contributed by atoms with Crippen molar-refractivity contribution in [3.05, 3.63) is 34.9 Å². The molecule has 2 rings (SSSR count). The maximum absolute atomic E-state index is 6.23. The van der Waals surface area contributed by atoms with Gasteiger partial charge in [-0.05, 0) is 42.8 Å². The van der Waals surface area contributed by atoms with Crippen molar-refractivity contribution in [3.63, 3.8) is 0 Å². The summed E-state index contributed by atoms with van der Waals surface area (Å²) in [5.41, 5.74) is 1.42. The van der Waals surface area contributed by atoms with E-state index in [0.29, 0.717) is 0 Å². The Morgan fingerprint density at radius 2 is 1.95 bits per heavy atom. The number of halogens is 1. The molecule has 1 aromatic carbocycles. The zero-order valence-electron chi connectivity index (χ0n) is 12.9. The van der Waals surface area contributed by atoms with Gasteiger partial charge < -0.3 is 8.99 Å². The van der Waals surface area contributed by atoms with E-state index in [4.69, 9.17) is 4.43 Å². The molecule has 1 aromatic heterocycles. The molecule has 0 aliphatic heterocycles. The third-order valence-corrected chi connectivity index (χ3v) is 4.69. The van der Waals surface area contributed by atoms with Crippen molar-refractivity contribution in [2.45, 2.75) is 46.5 Å². The van der Waals surface area contributed by atoms with Crippen LogP contribution in [0.4, 0.5) is 0 Å². The van der Waals surface area contributed by atoms with Crippen molar-refractivity contribution < 1.29 is 4.43 Å². The van der Waals surface area contributed by atoms with E-state index in [1.807, 2.05) is 0 Å². The summed E-state index contributed by atoms with van der Waals surface area (Å²) in [6.45, 7) is 12.1. The van der Waals surface area contributed by atoms with Gasteiger partial charge in [0.15, 0.2) is 0 Å². The molecule has 1 atom stereocenters. The Hall–Kier alpha value is -0.583. The van der Waals surface area contributed by atoms with Gasteiger partial charge in [0, 0.05) is 28.1 Å². The maximum atomic E-state index is 6.23. The minimum atomic E-state index is -0.698. The van der Waals surface area contributed by atoms with Crippen molar-refractivity contribution >= 4 is 35.9 Å². The summed E-state index contributed by atoms with van der Waals surface area (Å²) in [6, 6.07) is 8.60. The van der Waals surface area contributed by atoms with E-state index in [2.05, 4.69) is 84.8 Å². The van der Waals surface area contributed by atoms with Crippen molar-refractivity contribution in [2.75, 3.05) is 0 Å². The van der Waals surface area contributed by atoms with E-state index in [0.717, 1.165) is 11.0 Å². The predicted molar refractivity (Wildman–Crippen MR) is 91.4 cm³/mol. The second-order valence-corrected chi connectivity index (χ2v) is 9.52. The Morgan fingerprint density at radius 1 is 1.25 bits per heavy atom. The fourth-order valence-electron chi connectivity index (χ4n) is 2.28. The van der Waals surface area contributed by atoms with E-state index in [1.54, 1.807) is 0 Å². The molecule has 0 N–H and O–H groups in total. The number of hydrogen-bond acceptors (Lipinski definition) is 1. The Balaban J connectivity index is 2.29. The Labute approximate surface area is 132 Å². The normalized spacial score (nSPS) is 14.2. The predicted octanol–water partition coefficient (Wildman–Crippen LogP) is 5.09. The molecule has 109 valence electrons. The summed E-state index contributed by atoms with van der Waals surface area (Å²) in [5.74, 6) is 0. The number of hydrogen-bond donors (Lipinski definition) is 0. The van der Waals surface area contributed by atoms with E-state index < -0.39 is 9.04 Å². The number of fused-ring (bicyclic) bond motifs is 1. The highest BCUT2D eigenvalue weighted by molar-refractivity contribution is 9.10. The minimum absolute atomic E-state index is 0.147. The molecule has 4 heteroatoms. The van der Waals surface area contributed by atoms with Crippen LogP contribution in [-0.4, -0.2) is 19.7 Å². The highest BCUT2D eigenvalue weighted by Gasteiger charge is 2.27. The maximum Gasteiger partial charge on any atom is 0.205 e. The smallest absolute Gasteiger partial charge is 0.205 e. The highest BCUT2D eigenvalue weighted by Crippen LogP contribution is 2.27. The molecule has 1 heterocycles. The van der Waals surface area contributed by atoms with Crippen LogP contribution in [0, 0.1) is 5.41 Å². The topological polar surface area (TPSA) is 14.2 Å². The fraction of sp³-hybridized carbons (Fsp3) is 0.500. The minimum Gasteiger partial charge on any atom is -0.412 e. The summed E-state index contributed by atoms with van der Waals surface area (Å²) in [7, 11) is -0.698. The van der Waals surface area contributed by atoms with Gasteiger partial charge in [-0.15, -0.1) is 0 Å². The molecular weight excluding hydrogens is 330 g/mol. The Bertz CT molecular complexity index is 586. The number of benzene rings is 1. The highest BCUT2D eigenvalue weighted by atomic mass is 79.9. The van der Waals surface area contributed by atoms with Gasteiger partial charge in [0.05, 0.1) is 6.10 Å². The lowest BCUT2D eigenvalue weighted by Gasteiger charge is -2.33. The van der Waals surface area contributed by atoms with Gasteiger partial charge >= 0.3 is 0 Å². The van der Waals surface area contributed by atoms with Gasteiger partial charge in [-0.2, -0.15) is 0 Å². The van der Waals surface area contributed by atoms with Crippen LogP contribution in [0.15, 0.2) is 34.9 Å². The summed E-state index contributed by atoms with van der Waals surface area (Å²) in [6.07, 6.45) is 2.40. The zero-order chi connectivity index (χ0) is 14.9. The average Bonchev–Trinajstić information content (AvgIpc) is 2.69. The molecule has 0 aliphatic carbocycles. The van der Waals surface area contributed by atoms with E-state index in [-0.39, 0.29) is 11.5 Å². The van der Waals surface area contributed by atoms with Gasteiger partial charge in [-0.25, -0.2) is 0 Å². The molecule has 0 bridgehead atoms. The molecule has 0 fully saturated rings. The first-order valence-electron chi connectivity index (χ1n) is 6.98. The van der Waals surface area contributed by atoms with E-state index >= 15 is 0 Å². The SMILES string of the molecule is C[Si](C)OC(Cn1ccc2cc(Br)ccc21)C(C)(C)C. The molecular formula is C16H23BrNOSi. The second-order valence-electron chi connectivity index (χ2n) is 6.55. The van der Waals surface area contributed by atoms with Crippen LogP contribution in [0.25, 0.3) is 10.9 Å². The summed E-state index contributed by atoms with van der Waals surface area (Å²) >= 11 is 3.53. The third-order valence-electron chi connectivity index (χ3n) is 3.44. The second kappa shape index (κ2) is 6.04. The van der Waals surface area contributed by atoms with Crippen LogP contribution in [0.2, 0.25) is 13.1 Å². The van der Waals surface area contributed by atoms with Crippen LogP contribution in [-0.2, 0) is 11.0 Å². The zero-order valence-corrected chi connectivity index (χ0v) is 15.5. The third kappa shape index (κ3) is 3.74. The molecule has 2 aromatic rings. The van der Waals surface area contributed by atoms with Gasteiger partial charge in [0.2, 0.25) is 9.04 Å². The molecule has 20 heavy (non-hydrogen) atoms. The van der Waals surface area contributed by atoms with E-state index in [1.165, 1.54) is 10.9 Å². The van der Waals surface area contributed by atoms with Crippen LogP contribution in [0.5, 0.6) is 0 Å². The van der Waals surface area contributed by atoms with Gasteiger partial charge in [-0.1, -0.05) is 36.7 Å². The van der Waals surface area contributed by atoms with Gasteiger partial charge in [0.25, 0.3) is 0 Å². The number of rotatable bonds is 4. The first kappa shape index (κ1) is 15.8. The number of aromatic nitrogens is 1. The Kier molecular flexibility index (Phi) is 4.77. The average molecular weight is 353 g/mol. The lowest BCUT2D eigenvalue weighted by molar-refractivity contribution is 0.0716. The molecule has 2 nitrogen and oxygen atoms in total. The lowest BCUT2D eigenvalue weighted by atomic mass is 9.89. The molecule has 0 spiro atoms. The van der Waals surface area contributed by atoms with Crippen LogP contribution >= 0.6 is 15.9 Å². The van der Waals surface area contributed by atoms with Crippen molar-refractivity contribution in [1.29, 1.82) is 0 Å². The Morgan fingerprint density at radius 3 is 2.55 bits per heavy atom. The lowest BCUT2D eigenvalue weighted by Crippen LogP contribution is -2.36. The van der Waals surface area contributed by atoms with Crippen molar-refractivity contribution in [2.24, 2.45) is 5.41 Å². The van der Waals surface area contributed by atoms with Crippen molar-refractivity contribution in [3.8, 4) is 0 Å². The summed E-state index contributed by atoms with van der Waals surface area (Å²) < 4.78 is 9.66. The summed E-state index contributed by atoms with van der Waals surface area (Å²) in [5, 5.41) is 1.27. The summed E-state index contributed by atoms with van der Waals surface area (Å²) in [4.78, 5) is 0. The van der Waals surface area contributed by atoms with Crippen molar-refractivity contribution in [1.82, 2.24) is 4.57 Å². The van der Waals surface area contributed by atoms with Crippen LogP contribution in [0.3, 0.4) is 0 Å². The van der Waals surface area contributed by atoms with Gasteiger partial charge in [0.1, 0.15) is 0 Å². The van der Waals surface area contributed by atoms with E-state index in [9.17, 15) is 0 Å². The molecule has 0 amide bonds. The molecule has 1 radical (unpaired) electrons. The molecule has 0 saturated carbocycles. The van der Waals surface area contributed by atoms with Crippen LogP contribution in [0.1, 0.15) is 20.8 Å². The molecule has 0 saturated heterocycles. The number of nitrogens with zero attached hydrogens (tertiary/aromatic N) is 1. The largest absolute Gasteiger partial charge is 0.412 e. The fourth-order valence-corrected chi connectivity index (χ4v) is 3.66. The first-order chi connectivity index (χ1) is 9.27. The quantitative estimate of drug-likeness (QED) is 0.699. The molecule has 0 aliphatic rings. The van der Waals surface area contributed by atoms with Gasteiger partial charge in [-0.3, -0.25) is 0 Å². The standard InChI is InChI=1S/C16H23BrNOSi/c1-16(2,3)15(19-20(4)5)11-18-9-8-12-10-13(17)6-7-14(12)18/h6-10,15H,11H2,1-5H3. The monoisotopic (exact) mass is 352 g/mol.